The molecular formula is C9H13F3O. The molecule has 4 heteroatoms. The molecule has 13 heavy (non-hydrogen) atoms. The molecule has 0 aliphatic heterocycles. The highest BCUT2D eigenvalue weighted by Gasteiger charge is 2.55. The van der Waals surface area contributed by atoms with E-state index in [1.54, 1.807) is 0 Å². The second kappa shape index (κ2) is 3.31. The van der Waals surface area contributed by atoms with Crippen LogP contribution in [0.15, 0.2) is 0 Å². The Balaban J connectivity index is 2.78. The van der Waals surface area contributed by atoms with Crippen LogP contribution in [0.4, 0.5) is 13.2 Å². The van der Waals surface area contributed by atoms with Crippen molar-refractivity contribution in [3.05, 3.63) is 0 Å². The fourth-order valence-corrected chi connectivity index (χ4v) is 1.75. The Morgan fingerprint density at radius 2 is 1.77 bits per heavy atom. The summed E-state index contributed by atoms with van der Waals surface area (Å²) in [5.74, 6) is 0.315. The zero-order chi connectivity index (χ0) is 10.1. The Labute approximate surface area is 75.3 Å². The van der Waals surface area contributed by atoms with Crippen molar-refractivity contribution in [2.24, 2.45) is 11.3 Å². The molecule has 1 aliphatic rings. The predicted molar refractivity (Wildman–Crippen MR) is 42.2 cm³/mol. The lowest BCUT2D eigenvalue weighted by atomic mass is 9.71. The number of aldehydes is 1. The number of carbonyl (C=O) groups is 1. The monoisotopic (exact) mass is 194 g/mol. The molecule has 0 bridgehead atoms. The lowest BCUT2D eigenvalue weighted by Crippen LogP contribution is -2.42. The van der Waals surface area contributed by atoms with Gasteiger partial charge in [-0.25, -0.2) is 0 Å². The van der Waals surface area contributed by atoms with Crippen LogP contribution in [0.25, 0.3) is 0 Å². The molecule has 1 rings (SSSR count). The summed E-state index contributed by atoms with van der Waals surface area (Å²) in [5.41, 5.74) is -2.04. The van der Waals surface area contributed by atoms with Crippen molar-refractivity contribution in [3.63, 3.8) is 0 Å². The maximum atomic E-state index is 12.5. The second-order valence-corrected chi connectivity index (χ2v) is 3.95. The fraction of sp³-hybridized carbons (Fsp3) is 0.889. The average molecular weight is 194 g/mol. The minimum absolute atomic E-state index is 0.0405. The summed E-state index contributed by atoms with van der Waals surface area (Å²) in [6.45, 7) is 1.92. The quantitative estimate of drug-likeness (QED) is 0.586. The standard InChI is InChI=1S/C9H13F3O/c1-7-2-4-8(6-13,5-3-7)9(10,11)12/h6-7H,2-5H2,1H3. The Kier molecular flexibility index (Phi) is 2.68. The maximum absolute atomic E-state index is 12.5. The number of hydrogen-bond acceptors (Lipinski definition) is 1. The molecule has 76 valence electrons. The lowest BCUT2D eigenvalue weighted by molar-refractivity contribution is -0.224. The first kappa shape index (κ1) is 10.5. The first-order valence-corrected chi connectivity index (χ1v) is 4.44. The molecule has 1 nitrogen and oxygen atoms in total. The van der Waals surface area contributed by atoms with E-state index in [1.165, 1.54) is 0 Å². The molecular weight excluding hydrogens is 181 g/mol. The molecule has 0 heterocycles. The molecule has 0 aromatic carbocycles. The summed E-state index contributed by atoms with van der Waals surface area (Å²) in [5, 5.41) is 0. The van der Waals surface area contributed by atoms with E-state index in [2.05, 4.69) is 0 Å². The lowest BCUT2D eigenvalue weighted by Gasteiger charge is -2.36. The third-order valence-corrected chi connectivity index (χ3v) is 2.96. The summed E-state index contributed by atoms with van der Waals surface area (Å²) in [6.07, 6.45) is -3.35. The topological polar surface area (TPSA) is 17.1 Å². The van der Waals surface area contributed by atoms with Crippen LogP contribution in [0.1, 0.15) is 32.6 Å². The fourth-order valence-electron chi connectivity index (χ4n) is 1.75. The van der Waals surface area contributed by atoms with Crippen molar-refractivity contribution >= 4 is 6.29 Å². The van der Waals surface area contributed by atoms with Gasteiger partial charge in [0, 0.05) is 0 Å². The van der Waals surface area contributed by atoms with Crippen molar-refractivity contribution in [2.45, 2.75) is 38.8 Å². The van der Waals surface area contributed by atoms with Crippen LogP contribution in [-0.2, 0) is 4.79 Å². The summed E-state index contributed by atoms with van der Waals surface area (Å²) in [4.78, 5) is 10.5. The highest BCUT2D eigenvalue weighted by molar-refractivity contribution is 5.61. The van der Waals surface area contributed by atoms with Gasteiger partial charge in [-0.2, -0.15) is 13.2 Å². The Bertz CT molecular complexity index is 190. The zero-order valence-electron chi connectivity index (χ0n) is 7.53. The number of alkyl halides is 3. The Hall–Kier alpha value is -0.540. The van der Waals surface area contributed by atoms with E-state index in [0.29, 0.717) is 18.8 Å². The number of hydrogen-bond donors (Lipinski definition) is 0. The molecule has 0 radical (unpaired) electrons. The molecule has 1 fully saturated rings. The van der Waals surface area contributed by atoms with Crippen LogP contribution in [0.5, 0.6) is 0 Å². The van der Waals surface area contributed by atoms with Crippen LogP contribution in [-0.4, -0.2) is 12.5 Å². The number of carbonyl (C=O) groups excluding carboxylic acids is 1. The van der Waals surface area contributed by atoms with E-state index in [9.17, 15) is 18.0 Å². The van der Waals surface area contributed by atoms with E-state index in [0.717, 1.165) is 0 Å². The molecule has 0 amide bonds. The average Bonchev–Trinajstić information content (AvgIpc) is 2.04. The van der Waals surface area contributed by atoms with Crippen LogP contribution in [0.3, 0.4) is 0 Å². The first-order chi connectivity index (χ1) is 5.91. The van der Waals surface area contributed by atoms with E-state index >= 15 is 0 Å². The van der Waals surface area contributed by atoms with Gasteiger partial charge < -0.3 is 4.79 Å². The minimum atomic E-state index is -4.37. The molecule has 0 saturated heterocycles. The third-order valence-electron chi connectivity index (χ3n) is 2.96. The van der Waals surface area contributed by atoms with Gasteiger partial charge in [-0.15, -0.1) is 0 Å². The molecule has 1 aliphatic carbocycles. The molecule has 0 aromatic rings. The summed E-state index contributed by atoms with van der Waals surface area (Å²) in [7, 11) is 0. The normalized spacial score (nSPS) is 35.8. The Morgan fingerprint density at radius 3 is 2.08 bits per heavy atom. The summed E-state index contributed by atoms with van der Waals surface area (Å²) in [6, 6.07) is 0. The van der Waals surface area contributed by atoms with E-state index in [1.807, 2.05) is 6.92 Å². The van der Waals surface area contributed by atoms with Gasteiger partial charge in [0.2, 0.25) is 0 Å². The molecule has 0 N–H and O–H groups in total. The SMILES string of the molecule is CC1CCC(C=O)(C(F)(F)F)CC1. The third kappa shape index (κ3) is 1.86. The van der Waals surface area contributed by atoms with E-state index in [-0.39, 0.29) is 19.1 Å². The first-order valence-electron chi connectivity index (χ1n) is 4.44. The highest BCUT2D eigenvalue weighted by Crippen LogP contribution is 2.48. The van der Waals surface area contributed by atoms with Gasteiger partial charge in [0.15, 0.2) is 0 Å². The molecule has 0 spiro atoms. The van der Waals surface area contributed by atoms with Crippen LogP contribution < -0.4 is 0 Å². The van der Waals surface area contributed by atoms with Gasteiger partial charge in [0.25, 0.3) is 0 Å². The van der Waals surface area contributed by atoms with Crippen molar-refractivity contribution in [2.75, 3.05) is 0 Å². The van der Waals surface area contributed by atoms with Crippen molar-refractivity contribution < 1.29 is 18.0 Å². The van der Waals surface area contributed by atoms with Gasteiger partial charge in [-0.05, 0) is 31.6 Å². The van der Waals surface area contributed by atoms with Gasteiger partial charge in [-0.1, -0.05) is 6.92 Å². The largest absolute Gasteiger partial charge is 0.401 e. The Morgan fingerprint density at radius 1 is 1.31 bits per heavy atom. The van der Waals surface area contributed by atoms with Crippen LogP contribution in [0.2, 0.25) is 0 Å². The van der Waals surface area contributed by atoms with E-state index < -0.39 is 11.6 Å². The predicted octanol–water partition coefficient (Wildman–Crippen LogP) is 2.94. The van der Waals surface area contributed by atoms with Gasteiger partial charge in [0.1, 0.15) is 11.7 Å². The number of rotatable bonds is 1. The highest BCUT2D eigenvalue weighted by atomic mass is 19.4. The summed E-state index contributed by atoms with van der Waals surface area (Å²) < 4.78 is 37.5. The zero-order valence-corrected chi connectivity index (χ0v) is 7.53. The molecule has 0 aromatic heterocycles. The molecule has 1 saturated carbocycles. The van der Waals surface area contributed by atoms with Crippen LogP contribution >= 0.6 is 0 Å². The van der Waals surface area contributed by atoms with Gasteiger partial charge in [0.05, 0.1) is 0 Å². The molecule has 0 unspecified atom stereocenters. The van der Waals surface area contributed by atoms with Crippen LogP contribution in [0, 0.1) is 11.3 Å². The van der Waals surface area contributed by atoms with Gasteiger partial charge >= 0.3 is 6.18 Å². The molecule has 0 atom stereocenters. The van der Waals surface area contributed by atoms with Crippen molar-refractivity contribution in [1.29, 1.82) is 0 Å². The smallest absolute Gasteiger partial charge is 0.302 e. The van der Waals surface area contributed by atoms with Crippen molar-refractivity contribution in [1.82, 2.24) is 0 Å². The van der Waals surface area contributed by atoms with Gasteiger partial charge in [-0.3, -0.25) is 0 Å². The van der Waals surface area contributed by atoms with Crippen molar-refractivity contribution in [3.8, 4) is 0 Å². The minimum Gasteiger partial charge on any atom is -0.302 e. The summed E-state index contributed by atoms with van der Waals surface area (Å²) >= 11 is 0. The number of halogens is 3. The maximum Gasteiger partial charge on any atom is 0.401 e. The van der Waals surface area contributed by atoms with E-state index in [4.69, 9.17) is 0 Å². The second-order valence-electron chi connectivity index (χ2n) is 3.95.